The van der Waals surface area contributed by atoms with Gasteiger partial charge in [-0.3, -0.25) is 9.78 Å². The maximum Gasteiger partial charge on any atom is 0.257 e. The smallest absolute Gasteiger partial charge is 0.257 e. The van der Waals surface area contributed by atoms with Gasteiger partial charge in [-0.15, -0.1) is 0 Å². The molecule has 18 heavy (non-hydrogen) atoms. The van der Waals surface area contributed by atoms with E-state index in [-0.39, 0.29) is 19.0 Å². The lowest BCUT2D eigenvalue weighted by Gasteiger charge is -2.17. The summed E-state index contributed by atoms with van der Waals surface area (Å²) >= 11 is 0. The van der Waals surface area contributed by atoms with Crippen LogP contribution in [0, 0.1) is 0 Å². The minimum absolute atomic E-state index is 0.153. The molecule has 2 atom stereocenters. The number of nitrogens with zero attached hydrogens (tertiary/aromatic N) is 2. The first kappa shape index (κ1) is 12.8. The second kappa shape index (κ2) is 5.32. The first-order chi connectivity index (χ1) is 8.63. The van der Waals surface area contributed by atoms with E-state index in [1.165, 1.54) is 11.1 Å². The van der Waals surface area contributed by atoms with Crippen molar-refractivity contribution in [3.63, 3.8) is 0 Å². The molecule has 1 aliphatic heterocycles. The van der Waals surface area contributed by atoms with Gasteiger partial charge in [0.25, 0.3) is 5.91 Å². The van der Waals surface area contributed by atoms with Crippen molar-refractivity contribution >= 4 is 11.6 Å². The van der Waals surface area contributed by atoms with E-state index in [0.717, 1.165) is 0 Å². The maximum atomic E-state index is 12.3. The lowest BCUT2D eigenvalue weighted by molar-refractivity contribution is 0.0572. The zero-order chi connectivity index (χ0) is 13.1. The number of aliphatic hydroxyl groups is 2. The number of hydrogen-bond donors (Lipinski definition) is 3. The third kappa shape index (κ3) is 2.44. The molecule has 0 aromatic carbocycles. The highest BCUT2D eigenvalue weighted by Crippen LogP contribution is 2.19. The van der Waals surface area contributed by atoms with Gasteiger partial charge in [0.05, 0.1) is 23.5 Å². The number of aromatic nitrogens is 1. The Bertz CT molecular complexity index is 428. The maximum absolute atomic E-state index is 12.3. The van der Waals surface area contributed by atoms with Crippen LogP contribution in [0.5, 0.6) is 0 Å². The fraction of sp³-hybridized carbons (Fsp3) is 0.500. The van der Waals surface area contributed by atoms with E-state index in [1.807, 2.05) is 6.92 Å². The second-order valence-corrected chi connectivity index (χ2v) is 4.30. The van der Waals surface area contributed by atoms with E-state index >= 15 is 0 Å². The molecule has 1 aromatic rings. The number of nitrogens with one attached hydrogen (secondary N) is 1. The lowest BCUT2D eigenvalue weighted by atomic mass is 10.2. The number of anilines is 1. The molecule has 1 aromatic heterocycles. The molecule has 1 amide bonds. The van der Waals surface area contributed by atoms with Gasteiger partial charge >= 0.3 is 0 Å². The first-order valence-corrected chi connectivity index (χ1v) is 5.96. The van der Waals surface area contributed by atoms with E-state index in [0.29, 0.717) is 17.8 Å². The fourth-order valence-electron chi connectivity index (χ4n) is 2.02. The normalized spacial score (nSPS) is 23.2. The van der Waals surface area contributed by atoms with Gasteiger partial charge < -0.3 is 20.4 Å². The van der Waals surface area contributed by atoms with Gasteiger partial charge in [0, 0.05) is 32.0 Å². The van der Waals surface area contributed by atoms with Gasteiger partial charge in [-0.2, -0.15) is 0 Å². The summed E-state index contributed by atoms with van der Waals surface area (Å²) in [6, 6.07) is 1.74. The molecule has 2 rings (SSSR count). The Hall–Kier alpha value is -1.66. The predicted molar refractivity (Wildman–Crippen MR) is 66.3 cm³/mol. The highest BCUT2D eigenvalue weighted by atomic mass is 16.3. The van der Waals surface area contributed by atoms with Crippen LogP contribution in [0.25, 0.3) is 0 Å². The van der Waals surface area contributed by atoms with Crippen LogP contribution in [-0.4, -0.2) is 57.8 Å². The molecule has 98 valence electrons. The number of likely N-dealkylation sites (tertiary alicyclic amines) is 1. The van der Waals surface area contributed by atoms with Crippen molar-refractivity contribution in [2.24, 2.45) is 0 Å². The Kier molecular flexibility index (Phi) is 3.78. The molecule has 0 spiro atoms. The highest BCUT2D eigenvalue weighted by Gasteiger charge is 2.33. The monoisotopic (exact) mass is 251 g/mol. The van der Waals surface area contributed by atoms with E-state index in [4.69, 9.17) is 0 Å². The minimum atomic E-state index is -0.867. The molecule has 0 saturated carbocycles. The van der Waals surface area contributed by atoms with Gasteiger partial charge in [0.15, 0.2) is 0 Å². The summed E-state index contributed by atoms with van der Waals surface area (Å²) in [4.78, 5) is 17.6. The topological polar surface area (TPSA) is 85.7 Å². The zero-order valence-electron chi connectivity index (χ0n) is 10.2. The van der Waals surface area contributed by atoms with Crippen LogP contribution < -0.4 is 5.32 Å². The predicted octanol–water partition coefficient (Wildman–Crippen LogP) is -0.309. The van der Waals surface area contributed by atoms with Crippen LogP contribution in [-0.2, 0) is 0 Å². The van der Waals surface area contributed by atoms with Crippen LogP contribution in [0.2, 0.25) is 0 Å². The molecule has 0 bridgehead atoms. The summed E-state index contributed by atoms with van der Waals surface area (Å²) in [6.07, 6.45) is 1.38. The quantitative estimate of drug-likeness (QED) is 0.686. The van der Waals surface area contributed by atoms with E-state index in [9.17, 15) is 15.0 Å². The molecule has 1 fully saturated rings. The molecular weight excluding hydrogens is 234 g/mol. The van der Waals surface area contributed by atoms with Crippen molar-refractivity contribution in [3.05, 3.63) is 24.0 Å². The van der Waals surface area contributed by atoms with Crippen LogP contribution >= 0.6 is 0 Å². The summed E-state index contributed by atoms with van der Waals surface area (Å²) in [5.74, 6) is -0.227. The number of hydrogen-bond acceptors (Lipinski definition) is 5. The molecule has 2 unspecified atom stereocenters. The van der Waals surface area contributed by atoms with Crippen molar-refractivity contribution in [2.75, 3.05) is 25.0 Å². The number of aliphatic hydroxyl groups excluding tert-OH is 2. The molecule has 6 heteroatoms. The standard InChI is InChI=1S/C12H17N3O3/c1-2-14-9-3-4-13-5-8(9)12(18)15-6-10(16)11(17)7-15/h3-5,10-11,16-17H,2,6-7H2,1H3,(H,13,14). The number of amides is 1. The Labute approximate surface area is 105 Å². The molecule has 1 aliphatic rings. The Balaban J connectivity index is 2.19. The number of β-amino-alcohol motifs (C(OH)–C–C–N with tert-alkyl or cyclic N) is 2. The minimum Gasteiger partial charge on any atom is -0.388 e. The first-order valence-electron chi connectivity index (χ1n) is 5.96. The average molecular weight is 251 g/mol. The number of carbonyl (C=O) groups is 1. The molecule has 2 heterocycles. The summed E-state index contributed by atoms with van der Waals surface area (Å²) in [5, 5.41) is 22.0. The SMILES string of the molecule is CCNc1ccncc1C(=O)N1CC(O)C(O)C1. The van der Waals surface area contributed by atoms with Gasteiger partial charge in [0.2, 0.25) is 0 Å². The summed E-state index contributed by atoms with van der Waals surface area (Å²) in [7, 11) is 0. The zero-order valence-corrected chi connectivity index (χ0v) is 10.2. The van der Waals surface area contributed by atoms with Crippen LogP contribution in [0.3, 0.4) is 0 Å². The molecule has 1 saturated heterocycles. The van der Waals surface area contributed by atoms with E-state index in [1.54, 1.807) is 12.3 Å². The van der Waals surface area contributed by atoms with Crippen LogP contribution in [0.15, 0.2) is 18.5 Å². The summed E-state index contributed by atoms with van der Waals surface area (Å²) in [6.45, 7) is 2.95. The number of rotatable bonds is 3. The Morgan fingerprint density at radius 1 is 1.50 bits per heavy atom. The Morgan fingerprint density at radius 2 is 2.17 bits per heavy atom. The van der Waals surface area contributed by atoms with Crippen molar-refractivity contribution in [2.45, 2.75) is 19.1 Å². The Morgan fingerprint density at radius 3 is 2.78 bits per heavy atom. The number of carbonyl (C=O) groups excluding carboxylic acids is 1. The molecular formula is C12H17N3O3. The average Bonchev–Trinajstić information content (AvgIpc) is 2.70. The van der Waals surface area contributed by atoms with Crippen LogP contribution in [0.4, 0.5) is 5.69 Å². The summed E-state index contributed by atoms with van der Waals surface area (Å²) < 4.78 is 0. The molecule has 3 N–H and O–H groups in total. The second-order valence-electron chi connectivity index (χ2n) is 4.30. The van der Waals surface area contributed by atoms with Gasteiger partial charge in [0.1, 0.15) is 0 Å². The largest absolute Gasteiger partial charge is 0.388 e. The number of pyridine rings is 1. The third-order valence-corrected chi connectivity index (χ3v) is 2.96. The van der Waals surface area contributed by atoms with E-state index < -0.39 is 12.2 Å². The lowest BCUT2D eigenvalue weighted by Crippen LogP contribution is -2.30. The van der Waals surface area contributed by atoms with Crippen molar-refractivity contribution in [1.82, 2.24) is 9.88 Å². The fourth-order valence-corrected chi connectivity index (χ4v) is 2.02. The van der Waals surface area contributed by atoms with Crippen molar-refractivity contribution < 1.29 is 15.0 Å². The van der Waals surface area contributed by atoms with Crippen molar-refractivity contribution in [1.29, 1.82) is 0 Å². The third-order valence-electron chi connectivity index (χ3n) is 2.96. The van der Waals surface area contributed by atoms with Gasteiger partial charge in [-0.25, -0.2) is 0 Å². The highest BCUT2D eigenvalue weighted by molar-refractivity contribution is 5.99. The summed E-state index contributed by atoms with van der Waals surface area (Å²) in [5.41, 5.74) is 1.18. The molecule has 6 nitrogen and oxygen atoms in total. The van der Waals surface area contributed by atoms with Gasteiger partial charge in [-0.05, 0) is 13.0 Å². The van der Waals surface area contributed by atoms with Gasteiger partial charge in [-0.1, -0.05) is 0 Å². The van der Waals surface area contributed by atoms with E-state index in [2.05, 4.69) is 10.3 Å². The van der Waals surface area contributed by atoms with Crippen molar-refractivity contribution in [3.8, 4) is 0 Å². The molecule has 0 aliphatic carbocycles. The van der Waals surface area contributed by atoms with Crippen LogP contribution in [0.1, 0.15) is 17.3 Å². The molecule has 0 radical (unpaired) electrons.